The first kappa shape index (κ1) is 22.7. The molecule has 1 aromatic rings. The van der Waals surface area contributed by atoms with Gasteiger partial charge in [0, 0.05) is 19.6 Å². The lowest BCUT2D eigenvalue weighted by molar-refractivity contribution is 0.0767. The number of carbonyl (C=O) groups is 1. The van der Waals surface area contributed by atoms with Crippen molar-refractivity contribution in [3.8, 4) is 0 Å². The van der Waals surface area contributed by atoms with Gasteiger partial charge in [-0.1, -0.05) is 26.8 Å². The van der Waals surface area contributed by atoms with Crippen LogP contribution < -0.4 is 5.32 Å². The van der Waals surface area contributed by atoms with E-state index in [9.17, 15) is 22.0 Å². The summed E-state index contributed by atoms with van der Waals surface area (Å²) in [6.45, 7) is 8.89. The molecule has 28 heavy (non-hydrogen) atoms. The van der Waals surface area contributed by atoms with E-state index in [4.69, 9.17) is 0 Å². The quantitative estimate of drug-likeness (QED) is 0.771. The van der Waals surface area contributed by atoms with Crippen LogP contribution in [0.15, 0.2) is 18.2 Å². The van der Waals surface area contributed by atoms with Gasteiger partial charge in [0.2, 0.25) is 10.0 Å². The molecular weight excluding hydrogens is 386 g/mol. The SMILES string of the molecule is CCS(=O)(=O)N1CCC(CNC(=O)c2c(F)cccc2F)(CC(C)(C)C)CC1. The van der Waals surface area contributed by atoms with E-state index in [0.29, 0.717) is 25.9 Å². The van der Waals surface area contributed by atoms with Gasteiger partial charge in [-0.05, 0) is 49.1 Å². The fraction of sp³-hybridized carbons (Fsp3) is 0.650. The Bertz CT molecular complexity index is 791. The van der Waals surface area contributed by atoms with Crippen LogP contribution in [0, 0.1) is 22.5 Å². The Morgan fingerprint density at radius 1 is 1.18 bits per heavy atom. The number of hydrogen-bond acceptors (Lipinski definition) is 3. The van der Waals surface area contributed by atoms with Crippen molar-refractivity contribution in [3.05, 3.63) is 35.4 Å². The molecule has 1 heterocycles. The predicted octanol–water partition coefficient (Wildman–Crippen LogP) is 3.56. The van der Waals surface area contributed by atoms with Gasteiger partial charge in [0.15, 0.2) is 0 Å². The Hall–Kier alpha value is -1.54. The van der Waals surface area contributed by atoms with Crippen LogP contribution in [0.5, 0.6) is 0 Å². The lowest BCUT2D eigenvalue weighted by atomic mass is 9.68. The van der Waals surface area contributed by atoms with Crippen molar-refractivity contribution < 1.29 is 22.0 Å². The van der Waals surface area contributed by atoms with E-state index in [1.807, 2.05) is 0 Å². The first-order chi connectivity index (χ1) is 12.9. The molecule has 158 valence electrons. The molecule has 0 aromatic heterocycles. The molecule has 1 fully saturated rings. The average molecular weight is 417 g/mol. The molecular formula is C20H30F2N2O3S. The molecule has 0 bridgehead atoms. The minimum absolute atomic E-state index is 0.0419. The third-order valence-corrected chi connectivity index (χ3v) is 7.14. The van der Waals surface area contributed by atoms with Crippen LogP contribution in [-0.4, -0.2) is 44.0 Å². The number of sulfonamides is 1. The largest absolute Gasteiger partial charge is 0.351 e. The summed E-state index contributed by atoms with van der Waals surface area (Å²) in [4.78, 5) is 12.4. The predicted molar refractivity (Wildman–Crippen MR) is 105 cm³/mol. The van der Waals surface area contributed by atoms with Gasteiger partial charge in [0.05, 0.1) is 5.75 Å². The fourth-order valence-corrected chi connectivity index (χ4v) is 5.14. The van der Waals surface area contributed by atoms with Gasteiger partial charge in [0.25, 0.3) is 5.91 Å². The second-order valence-corrected chi connectivity index (χ2v) is 11.1. The van der Waals surface area contributed by atoms with Crippen LogP contribution in [0.25, 0.3) is 0 Å². The summed E-state index contributed by atoms with van der Waals surface area (Å²) in [7, 11) is -3.25. The van der Waals surface area contributed by atoms with Crippen LogP contribution in [0.2, 0.25) is 0 Å². The summed E-state index contributed by atoms with van der Waals surface area (Å²) < 4.78 is 53.6. The number of nitrogens with zero attached hydrogens (tertiary/aromatic N) is 1. The number of hydrogen-bond donors (Lipinski definition) is 1. The van der Waals surface area contributed by atoms with Gasteiger partial charge < -0.3 is 5.32 Å². The molecule has 0 atom stereocenters. The van der Waals surface area contributed by atoms with E-state index in [2.05, 4.69) is 26.1 Å². The normalized spacial score (nSPS) is 18.1. The van der Waals surface area contributed by atoms with Crippen LogP contribution in [0.1, 0.15) is 57.3 Å². The molecule has 0 spiro atoms. The number of rotatable bonds is 6. The van der Waals surface area contributed by atoms with Crippen molar-refractivity contribution in [2.45, 2.75) is 47.0 Å². The number of benzene rings is 1. The minimum Gasteiger partial charge on any atom is -0.351 e. The third kappa shape index (κ3) is 5.50. The maximum absolute atomic E-state index is 13.9. The highest BCUT2D eigenvalue weighted by atomic mass is 32.2. The molecule has 0 radical (unpaired) electrons. The Labute approximate surface area is 166 Å². The number of nitrogens with one attached hydrogen (secondary N) is 1. The molecule has 5 nitrogen and oxygen atoms in total. The van der Waals surface area contributed by atoms with Crippen molar-refractivity contribution in [1.29, 1.82) is 0 Å². The summed E-state index contributed by atoms with van der Waals surface area (Å²) in [5.74, 6) is -2.52. The molecule has 2 rings (SSSR count). The zero-order valence-electron chi connectivity index (χ0n) is 17.0. The maximum atomic E-state index is 13.9. The molecule has 1 saturated heterocycles. The maximum Gasteiger partial charge on any atom is 0.257 e. The summed E-state index contributed by atoms with van der Waals surface area (Å²) >= 11 is 0. The van der Waals surface area contributed by atoms with Crippen LogP contribution in [0.3, 0.4) is 0 Å². The molecule has 1 aromatic carbocycles. The van der Waals surface area contributed by atoms with Gasteiger partial charge in [-0.3, -0.25) is 4.79 Å². The molecule has 1 aliphatic rings. The number of halogens is 2. The van der Waals surface area contributed by atoms with Crippen LogP contribution in [-0.2, 0) is 10.0 Å². The van der Waals surface area contributed by atoms with E-state index in [0.717, 1.165) is 18.6 Å². The van der Waals surface area contributed by atoms with Crippen LogP contribution >= 0.6 is 0 Å². The highest BCUT2D eigenvalue weighted by Crippen LogP contribution is 2.42. The van der Waals surface area contributed by atoms with E-state index < -0.39 is 33.1 Å². The highest BCUT2D eigenvalue weighted by molar-refractivity contribution is 7.89. The molecule has 1 aliphatic heterocycles. The molecule has 1 N–H and O–H groups in total. The van der Waals surface area contributed by atoms with Crippen molar-refractivity contribution >= 4 is 15.9 Å². The number of amides is 1. The topological polar surface area (TPSA) is 66.5 Å². The Balaban J connectivity index is 2.16. The highest BCUT2D eigenvalue weighted by Gasteiger charge is 2.40. The lowest BCUT2D eigenvalue weighted by Crippen LogP contribution is -2.49. The standard InChI is InChI=1S/C20H30F2N2O3S/c1-5-28(26,27)24-11-9-20(10-12-24,13-19(2,3)4)14-23-18(25)17-15(21)7-6-8-16(17)22/h6-8H,5,9-14H2,1-4H3,(H,23,25). The molecule has 0 aliphatic carbocycles. The van der Waals surface area contributed by atoms with Crippen molar-refractivity contribution in [2.24, 2.45) is 10.8 Å². The van der Waals surface area contributed by atoms with E-state index in [1.54, 1.807) is 6.92 Å². The monoisotopic (exact) mass is 416 g/mol. The van der Waals surface area contributed by atoms with Crippen LogP contribution in [0.4, 0.5) is 8.78 Å². The van der Waals surface area contributed by atoms with E-state index >= 15 is 0 Å². The van der Waals surface area contributed by atoms with Gasteiger partial charge in [-0.15, -0.1) is 0 Å². The van der Waals surface area contributed by atoms with Crippen molar-refractivity contribution in [1.82, 2.24) is 9.62 Å². The van der Waals surface area contributed by atoms with Gasteiger partial charge in [-0.2, -0.15) is 0 Å². The number of piperidine rings is 1. The van der Waals surface area contributed by atoms with Gasteiger partial charge in [0.1, 0.15) is 17.2 Å². The van der Waals surface area contributed by atoms with E-state index in [1.165, 1.54) is 10.4 Å². The van der Waals surface area contributed by atoms with Crippen molar-refractivity contribution in [3.63, 3.8) is 0 Å². The molecule has 0 unspecified atom stereocenters. The first-order valence-corrected chi connectivity index (χ1v) is 11.2. The molecule has 8 heteroatoms. The third-order valence-electron chi connectivity index (χ3n) is 5.26. The smallest absolute Gasteiger partial charge is 0.257 e. The summed E-state index contributed by atoms with van der Waals surface area (Å²) in [6.07, 6.45) is 1.94. The Kier molecular flexibility index (Phi) is 6.86. The zero-order valence-corrected chi connectivity index (χ0v) is 17.8. The van der Waals surface area contributed by atoms with Gasteiger partial charge >= 0.3 is 0 Å². The average Bonchev–Trinajstić information content (AvgIpc) is 2.59. The molecule has 1 amide bonds. The first-order valence-electron chi connectivity index (χ1n) is 9.59. The number of carbonyl (C=O) groups excluding carboxylic acids is 1. The Morgan fingerprint density at radius 3 is 2.18 bits per heavy atom. The summed E-state index contributed by atoms with van der Waals surface area (Å²) in [5, 5.41) is 2.69. The zero-order chi connectivity index (χ0) is 21.2. The molecule has 0 saturated carbocycles. The van der Waals surface area contributed by atoms with E-state index in [-0.39, 0.29) is 23.1 Å². The lowest BCUT2D eigenvalue weighted by Gasteiger charge is -2.44. The minimum atomic E-state index is -3.25. The second-order valence-electron chi connectivity index (χ2n) is 8.82. The van der Waals surface area contributed by atoms with Gasteiger partial charge in [-0.25, -0.2) is 21.5 Å². The Morgan fingerprint density at radius 2 is 1.71 bits per heavy atom. The fourth-order valence-electron chi connectivity index (χ4n) is 4.03. The summed E-state index contributed by atoms with van der Waals surface area (Å²) in [5.41, 5.74) is -0.950. The van der Waals surface area contributed by atoms with Crippen molar-refractivity contribution in [2.75, 3.05) is 25.4 Å². The summed E-state index contributed by atoms with van der Waals surface area (Å²) in [6, 6.07) is 3.32. The second kappa shape index (κ2) is 8.45.